The number of hydrogen-bond acceptors (Lipinski definition) is 5. The first-order valence-electron chi connectivity index (χ1n) is 10.6. The second-order valence-corrected chi connectivity index (χ2v) is 7.51. The van der Waals surface area contributed by atoms with Gasteiger partial charge in [-0.05, 0) is 29.7 Å². The molecule has 0 bridgehead atoms. The average molecular weight is 431 g/mol. The summed E-state index contributed by atoms with van der Waals surface area (Å²) in [5, 5.41) is 0. The van der Waals surface area contributed by atoms with E-state index in [0.717, 1.165) is 11.1 Å². The molecule has 6 heteroatoms. The van der Waals surface area contributed by atoms with Crippen LogP contribution in [0.15, 0.2) is 84.9 Å². The first-order chi connectivity index (χ1) is 15.7. The standard InChI is InChI=1S/C26H25NO5/c28-25(19-31-26(29)24-18-30-22-13-7-8-14-23(22)32-24)27(17-21-11-5-2-6-12-21)16-15-20-9-3-1-4-10-20/h1-14,24H,15-19H2. The summed E-state index contributed by atoms with van der Waals surface area (Å²) in [6, 6.07) is 26.9. The van der Waals surface area contributed by atoms with Gasteiger partial charge in [0.1, 0.15) is 6.61 Å². The number of ether oxygens (including phenoxy) is 3. The number of hydrogen-bond donors (Lipinski definition) is 0. The molecule has 32 heavy (non-hydrogen) atoms. The number of rotatable bonds is 8. The van der Waals surface area contributed by atoms with Gasteiger partial charge >= 0.3 is 5.97 Å². The molecule has 0 fully saturated rings. The van der Waals surface area contributed by atoms with E-state index in [1.54, 1.807) is 23.1 Å². The predicted octanol–water partition coefficient (Wildman–Crippen LogP) is 3.64. The van der Waals surface area contributed by atoms with E-state index in [9.17, 15) is 9.59 Å². The molecule has 1 aliphatic heterocycles. The summed E-state index contributed by atoms with van der Waals surface area (Å²) in [4.78, 5) is 27.1. The fourth-order valence-corrected chi connectivity index (χ4v) is 3.46. The third-order valence-electron chi connectivity index (χ3n) is 5.19. The van der Waals surface area contributed by atoms with E-state index in [1.807, 2.05) is 66.7 Å². The maximum atomic E-state index is 12.9. The summed E-state index contributed by atoms with van der Waals surface area (Å²) in [5.41, 5.74) is 2.16. The Morgan fingerprint density at radius 3 is 2.19 bits per heavy atom. The lowest BCUT2D eigenvalue weighted by Crippen LogP contribution is -2.41. The summed E-state index contributed by atoms with van der Waals surface area (Å²) in [6.07, 6.45) is -0.187. The molecule has 164 valence electrons. The van der Waals surface area contributed by atoms with Crippen LogP contribution in [0.25, 0.3) is 0 Å². The van der Waals surface area contributed by atoms with E-state index in [-0.39, 0.29) is 19.1 Å². The number of fused-ring (bicyclic) bond motifs is 1. The van der Waals surface area contributed by atoms with Crippen LogP contribution in [0.1, 0.15) is 11.1 Å². The minimum Gasteiger partial charge on any atom is -0.485 e. The number of para-hydroxylation sites is 2. The quantitative estimate of drug-likeness (QED) is 0.510. The van der Waals surface area contributed by atoms with Crippen molar-refractivity contribution in [2.45, 2.75) is 19.1 Å². The second kappa shape index (κ2) is 10.5. The minimum atomic E-state index is -0.899. The monoisotopic (exact) mass is 431 g/mol. The van der Waals surface area contributed by atoms with Crippen molar-refractivity contribution in [1.82, 2.24) is 4.90 Å². The van der Waals surface area contributed by atoms with Crippen LogP contribution < -0.4 is 9.47 Å². The van der Waals surface area contributed by atoms with Gasteiger partial charge in [0.25, 0.3) is 5.91 Å². The van der Waals surface area contributed by atoms with Gasteiger partial charge in [-0.3, -0.25) is 4.79 Å². The molecule has 0 saturated heterocycles. The number of esters is 1. The first kappa shape index (κ1) is 21.4. The van der Waals surface area contributed by atoms with E-state index in [2.05, 4.69) is 0 Å². The summed E-state index contributed by atoms with van der Waals surface area (Å²) >= 11 is 0. The number of carbonyl (C=O) groups is 2. The number of carbonyl (C=O) groups excluding carboxylic acids is 2. The van der Waals surface area contributed by atoms with Crippen molar-refractivity contribution in [3.8, 4) is 11.5 Å². The van der Waals surface area contributed by atoms with E-state index < -0.39 is 12.1 Å². The Balaban J connectivity index is 1.35. The topological polar surface area (TPSA) is 65.1 Å². The number of benzene rings is 3. The van der Waals surface area contributed by atoms with Crippen molar-refractivity contribution >= 4 is 11.9 Å². The van der Waals surface area contributed by atoms with Crippen molar-refractivity contribution in [2.24, 2.45) is 0 Å². The SMILES string of the molecule is O=C(OCC(=O)N(CCc1ccccc1)Cc1ccccc1)C1COc2ccccc2O1. The molecule has 0 spiro atoms. The zero-order valence-electron chi connectivity index (χ0n) is 17.7. The highest BCUT2D eigenvalue weighted by atomic mass is 16.6. The largest absolute Gasteiger partial charge is 0.485 e. The van der Waals surface area contributed by atoms with Gasteiger partial charge in [-0.2, -0.15) is 0 Å². The van der Waals surface area contributed by atoms with Crippen LogP contribution in [0.2, 0.25) is 0 Å². The average Bonchev–Trinajstić information content (AvgIpc) is 2.85. The molecule has 0 saturated carbocycles. The van der Waals surface area contributed by atoms with Crippen LogP contribution in [0, 0.1) is 0 Å². The Morgan fingerprint density at radius 1 is 0.844 bits per heavy atom. The van der Waals surface area contributed by atoms with E-state index in [1.165, 1.54) is 0 Å². The zero-order chi connectivity index (χ0) is 22.2. The van der Waals surface area contributed by atoms with Gasteiger partial charge in [0, 0.05) is 13.1 Å². The van der Waals surface area contributed by atoms with Crippen LogP contribution in [0.3, 0.4) is 0 Å². The fraction of sp³-hybridized carbons (Fsp3) is 0.231. The minimum absolute atomic E-state index is 0.0474. The lowest BCUT2D eigenvalue weighted by Gasteiger charge is -2.26. The smallest absolute Gasteiger partial charge is 0.351 e. The lowest BCUT2D eigenvalue weighted by atomic mass is 10.1. The Kier molecular flexibility index (Phi) is 7.02. The van der Waals surface area contributed by atoms with Gasteiger partial charge in [0.05, 0.1) is 0 Å². The third-order valence-corrected chi connectivity index (χ3v) is 5.19. The van der Waals surface area contributed by atoms with Gasteiger partial charge in [-0.1, -0.05) is 72.8 Å². The lowest BCUT2D eigenvalue weighted by molar-refractivity contribution is -0.160. The Hall–Kier alpha value is -3.80. The van der Waals surface area contributed by atoms with Crippen LogP contribution in [-0.2, 0) is 27.3 Å². The highest BCUT2D eigenvalue weighted by molar-refractivity contribution is 5.82. The maximum Gasteiger partial charge on any atom is 0.351 e. The molecule has 3 aromatic carbocycles. The van der Waals surface area contributed by atoms with Crippen LogP contribution in [0.5, 0.6) is 11.5 Å². The highest BCUT2D eigenvalue weighted by Gasteiger charge is 2.29. The fourth-order valence-electron chi connectivity index (χ4n) is 3.46. The summed E-state index contributed by atoms with van der Waals surface area (Å²) in [5.74, 6) is 0.203. The van der Waals surface area contributed by atoms with Crippen LogP contribution in [0.4, 0.5) is 0 Å². The van der Waals surface area contributed by atoms with E-state index in [0.29, 0.717) is 31.0 Å². The van der Waals surface area contributed by atoms with Gasteiger partial charge in [-0.25, -0.2) is 4.79 Å². The molecule has 0 aromatic heterocycles. The summed E-state index contributed by atoms with van der Waals surface area (Å²) in [7, 11) is 0. The molecule has 0 aliphatic carbocycles. The summed E-state index contributed by atoms with van der Waals surface area (Å²) < 4.78 is 16.5. The van der Waals surface area contributed by atoms with Crippen LogP contribution in [-0.4, -0.2) is 42.6 Å². The normalized spacial score (nSPS) is 14.4. The second-order valence-electron chi connectivity index (χ2n) is 7.51. The number of nitrogens with zero attached hydrogens (tertiary/aromatic N) is 1. The number of amides is 1. The molecular formula is C26H25NO5. The zero-order valence-corrected chi connectivity index (χ0v) is 17.7. The molecule has 0 N–H and O–H groups in total. The van der Waals surface area contributed by atoms with E-state index >= 15 is 0 Å². The Labute approximate surface area is 187 Å². The van der Waals surface area contributed by atoms with Crippen molar-refractivity contribution in [3.63, 3.8) is 0 Å². The first-order valence-corrected chi connectivity index (χ1v) is 10.6. The Morgan fingerprint density at radius 2 is 1.47 bits per heavy atom. The molecule has 1 atom stereocenters. The Bertz CT molecular complexity index is 1040. The van der Waals surface area contributed by atoms with E-state index in [4.69, 9.17) is 14.2 Å². The molecule has 1 unspecified atom stereocenters. The van der Waals surface area contributed by atoms with Crippen molar-refractivity contribution < 1.29 is 23.8 Å². The molecule has 1 heterocycles. The molecule has 3 aromatic rings. The van der Waals surface area contributed by atoms with Crippen molar-refractivity contribution in [3.05, 3.63) is 96.1 Å². The molecular weight excluding hydrogens is 406 g/mol. The predicted molar refractivity (Wildman–Crippen MR) is 119 cm³/mol. The van der Waals surface area contributed by atoms with Gasteiger partial charge in [-0.15, -0.1) is 0 Å². The maximum absolute atomic E-state index is 12.9. The van der Waals surface area contributed by atoms with Gasteiger partial charge < -0.3 is 19.1 Å². The third kappa shape index (κ3) is 5.66. The van der Waals surface area contributed by atoms with Crippen molar-refractivity contribution in [2.75, 3.05) is 19.8 Å². The van der Waals surface area contributed by atoms with Gasteiger partial charge in [0.15, 0.2) is 18.1 Å². The van der Waals surface area contributed by atoms with Crippen molar-refractivity contribution in [1.29, 1.82) is 0 Å². The molecule has 4 rings (SSSR count). The molecule has 0 radical (unpaired) electrons. The molecule has 1 aliphatic rings. The van der Waals surface area contributed by atoms with Gasteiger partial charge in [0.2, 0.25) is 6.10 Å². The summed E-state index contributed by atoms with van der Waals surface area (Å²) in [6.45, 7) is 0.667. The van der Waals surface area contributed by atoms with Crippen LogP contribution >= 0.6 is 0 Å². The molecule has 6 nitrogen and oxygen atoms in total. The molecule has 1 amide bonds. The highest BCUT2D eigenvalue weighted by Crippen LogP contribution is 2.31.